The second-order valence-corrected chi connectivity index (χ2v) is 5.01. The van der Waals surface area contributed by atoms with Gasteiger partial charge in [0.25, 0.3) is 5.56 Å². The standard InChI is InChI=1S/C13H9BrClNO2/c14-11-2-1-7-16(13(11)18)8-12(17)9-3-5-10(15)6-4-9/h1-7H,8H2. The number of Topliss-reactive ketones (excluding diaryl/α,β-unsaturated/α-hetero) is 1. The number of carbonyl (C=O) groups is 1. The smallest absolute Gasteiger partial charge is 0.265 e. The Morgan fingerprint density at radius 3 is 2.56 bits per heavy atom. The van der Waals surface area contributed by atoms with Gasteiger partial charge in [-0.05, 0) is 52.3 Å². The van der Waals surface area contributed by atoms with Crippen molar-refractivity contribution >= 4 is 33.3 Å². The molecule has 1 aromatic heterocycles. The van der Waals surface area contributed by atoms with E-state index >= 15 is 0 Å². The molecule has 0 atom stereocenters. The van der Waals surface area contributed by atoms with Crippen LogP contribution in [0.15, 0.2) is 51.9 Å². The quantitative estimate of drug-likeness (QED) is 0.813. The third-order valence-electron chi connectivity index (χ3n) is 2.45. The van der Waals surface area contributed by atoms with E-state index in [2.05, 4.69) is 15.9 Å². The Morgan fingerprint density at radius 1 is 1.22 bits per heavy atom. The molecule has 1 aromatic carbocycles. The highest BCUT2D eigenvalue weighted by Crippen LogP contribution is 2.10. The minimum atomic E-state index is -0.222. The number of hydrogen-bond acceptors (Lipinski definition) is 2. The van der Waals surface area contributed by atoms with Crippen LogP contribution in [0.1, 0.15) is 10.4 Å². The Morgan fingerprint density at radius 2 is 1.89 bits per heavy atom. The molecule has 0 fully saturated rings. The molecule has 3 nitrogen and oxygen atoms in total. The van der Waals surface area contributed by atoms with E-state index in [4.69, 9.17) is 11.6 Å². The van der Waals surface area contributed by atoms with Gasteiger partial charge in [0, 0.05) is 16.8 Å². The van der Waals surface area contributed by atoms with Crippen molar-refractivity contribution < 1.29 is 4.79 Å². The van der Waals surface area contributed by atoms with Crippen molar-refractivity contribution in [3.8, 4) is 0 Å². The van der Waals surface area contributed by atoms with Crippen LogP contribution in [0.5, 0.6) is 0 Å². The van der Waals surface area contributed by atoms with Crippen LogP contribution in [-0.2, 0) is 6.54 Å². The molecule has 0 N–H and O–H groups in total. The highest BCUT2D eigenvalue weighted by atomic mass is 79.9. The second kappa shape index (κ2) is 5.50. The van der Waals surface area contributed by atoms with Gasteiger partial charge in [0.1, 0.15) is 0 Å². The van der Waals surface area contributed by atoms with Gasteiger partial charge in [0.2, 0.25) is 0 Å². The van der Waals surface area contributed by atoms with Gasteiger partial charge in [-0.15, -0.1) is 0 Å². The van der Waals surface area contributed by atoms with Crippen molar-refractivity contribution in [2.45, 2.75) is 6.54 Å². The van der Waals surface area contributed by atoms with Gasteiger partial charge >= 0.3 is 0 Å². The average Bonchev–Trinajstić information content (AvgIpc) is 2.36. The molecule has 2 aromatic rings. The summed E-state index contributed by atoms with van der Waals surface area (Å²) >= 11 is 8.89. The highest BCUT2D eigenvalue weighted by molar-refractivity contribution is 9.10. The molecule has 0 unspecified atom stereocenters. The Balaban J connectivity index is 2.24. The van der Waals surface area contributed by atoms with E-state index in [0.29, 0.717) is 15.1 Å². The van der Waals surface area contributed by atoms with E-state index in [0.717, 1.165) is 0 Å². The van der Waals surface area contributed by atoms with Crippen LogP contribution in [0.3, 0.4) is 0 Å². The summed E-state index contributed by atoms with van der Waals surface area (Å²) in [6.45, 7) is 0.0138. The summed E-state index contributed by atoms with van der Waals surface area (Å²) in [7, 11) is 0. The summed E-state index contributed by atoms with van der Waals surface area (Å²) in [6.07, 6.45) is 1.58. The lowest BCUT2D eigenvalue weighted by atomic mass is 10.1. The van der Waals surface area contributed by atoms with Crippen LogP contribution in [0.4, 0.5) is 0 Å². The molecule has 0 saturated heterocycles. The van der Waals surface area contributed by atoms with E-state index < -0.39 is 0 Å². The van der Waals surface area contributed by atoms with Gasteiger partial charge < -0.3 is 4.57 Å². The van der Waals surface area contributed by atoms with Crippen LogP contribution in [0.25, 0.3) is 0 Å². The van der Waals surface area contributed by atoms with Gasteiger partial charge in [-0.1, -0.05) is 11.6 Å². The number of benzene rings is 1. The van der Waals surface area contributed by atoms with Crippen molar-refractivity contribution in [3.05, 3.63) is 68.0 Å². The molecule has 2 rings (SSSR count). The van der Waals surface area contributed by atoms with Crippen molar-refractivity contribution in [2.24, 2.45) is 0 Å². The zero-order valence-electron chi connectivity index (χ0n) is 9.27. The lowest BCUT2D eigenvalue weighted by Gasteiger charge is -2.05. The Hall–Kier alpha value is -1.39. The van der Waals surface area contributed by atoms with Crippen LogP contribution in [-0.4, -0.2) is 10.4 Å². The van der Waals surface area contributed by atoms with Gasteiger partial charge in [-0.2, -0.15) is 0 Å². The third-order valence-corrected chi connectivity index (χ3v) is 3.31. The van der Waals surface area contributed by atoms with Crippen LogP contribution in [0, 0.1) is 0 Å². The number of carbonyl (C=O) groups excluding carboxylic acids is 1. The number of rotatable bonds is 3. The molecular formula is C13H9BrClNO2. The summed E-state index contributed by atoms with van der Waals surface area (Å²) in [5.74, 6) is -0.133. The monoisotopic (exact) mass is 325 g/mol. The minimum absolute atomic E-state index is 0.0138. The molecule has 0 bridgehead atoms. The molecule has 0 radical (unpaired) electrons. The zero-order chi connectivity index (χ0) is 13.1. The number of ketones is 1. The van der Waals surface area contributed by atoms with E-state index in [9.17, 15) is 9.59 Å². The Bertz CT molecular complexity index is 634. The number of halogens is 2. The fourth-order valence-electron chi connectivity index (χ4n) is 1.51. The fraction of sp³-hybridized carbons (Fsp3) is 0.0769. The molecule has 1 heterocycles. The summed E-state index contributed by atoms with van der Waals surface area (Å²) in [5, 5.41) is 0.575. The van der Waals surface area contributed by atoms with Crippen LogP contribution in [0.2, 0.25) is 5.02 Å². The van der Waals surface area contributed by atoms with Gasteiger partial charge in [-0.3, -0.25) is 9.59 Å². The van der Waals surface area contributed by atoms with Crippen LogP contribution < -0.4 is 5.56 Å². The number of nitrogens with zero attached hydrogens (tertiary/aromatic N) is 1. The molecular weight excluding hydrogens is 318 g/mol. The van der Waals surface area contributed by atoms with Crippen molar-refractivity contribution in [1.29, 1.82) is 0 Å². The number of hydrogen-bond donors (Lipinski definition) is 0. The Kier molecular flexibility index (Phi) is 3.99. The summed E-state index contributed by atoms with van der Waals surface area (Å²) < 4.78 is 1.80. The maximum atomic E-state index is 12.0. The molecule has 18 heavy (non-hydrogen) atoms. The van der Waals surface area contributed by atoms with E-state index in [1.807, 2.05) is 0 Å². The first-order valence-corrected chi connectivity index (χ1v) is 6.39. The molecule has 0 amide bonds. The molecule has 0 aliphatic carbocycles. The maximum absolute atomic E-state index is 12.0. The average molecular weight is 327 g/mol. The first-order valence-electron chi connectivity index (χ1n) is 5.21. The van der Waals surface area contributed by atoms with E-state index in [-0.39, 0.29) is 17.9 Å². The molecule has 5 heteroatoms. The summed E-state index contributed by atoms with van der Waals surface area (Å²) in [4.78, 5) is 23.7. The topological polar surface area (TPSA) is 39.1 Å². The SMILES string of the molecule is O=C(Cn1cccc(Br)c1=O)c1ccc(Cl)cc1. The second-order valence-electron chi connectivity index (χ2n) is 3.72. The number of aromatic nitrogens is 1. The van der Waals surface area contributed by atoms with Crippen molar-refractivity contribution in [1.82, 2.24) is 4.57 Å². The first-order chi connectivity index (χ1) is 8.58. The maximum Gasteiger partial charge on any atom is 0.265 e. The van der Waals surface area contributed by atoms with Gasteiger partial charge in [0.15, 0.2) is 5.78 Å². The predicted octanol–water partition coefficient (Wildman–Crippen LogP) is 3.15. The van der Waals surface area contributed by atoms with Crippen LogP contribution >= 0.6 is 27.5 Å². The minimum Gasteiger partial charge on any atom is -0.307 e. The van der Waals surface area contributed by atoms with Gasteiger partial charge in [-0.25, -0.2) is 0 Å². The lowest BCUT2D eigenvalue weighted by molar-refractivity contribution is 0.0971. The normalized spacial score (nSPS) is 10.3. The zero-order valence-corrected chi connectivity index (χ0v) is 11.6. The van der Waals surface area contributed by atoms with E-state index in [1.165, 1.54) is 4.57 Å². The predicted molar refractivity (Wildman–Crippen MR) is 74.2 cm³/mol. The van der Waals surface area contributed by atoms with Crippen molar-refractivity contribution in [2.75, 3.05) is 0 Å². The first kappa shape index (κ1) is 13.1. The molecule has 0 aliphatic rings. The summed E-state index contributed by atoms with van der Waals surface area (Å²) in [5.41, 5.74) is 0.311. The third kappa shape index (κ3) is 2.89. The molecule has 0 aliphatic heterocycles. The molecule has 0 saturated carbocycles. The summed E-state index contributed by atoms with van der Waals surface area (Å²) in [6, 6.07) is 9.95. The largest absolute Gasteiger partial charge is 0.307 e. The Labute approximate surface area is 117 Å². The molecule has 0 spiro atoms. The van der Waals surface area contributed by atoms with Gasteiger partial charge in [0.05, 0.1) is 11.0 Å². The number of pyridine rings is 1. The van der Waals surface area contributed by atoms with E-state index in [1.54, 1.807) is 42.6 Å². The molecule has 92 valence electrons. The lowest BCUT2D eigenvalue weighted by Crippen LogP contribution is -2.23. The fourth-order valence-corrected chi connectivity index (χ4v) is 2.02. The highest BCUT2D eigenvalue weighted by Gasteiger charge is 2.08. The van der Waals surface area contributed by atoms with Crippen molar-refractivity contribution in [3.63, 3.8) is 0 Å².